The van der Waals surface area contributed by atoms with Crippen molar-refractivity contribution in [3.63, 3.8) is 0 Å². The standard InChI is InChI=1S/C26H42O5/c1-5-22-10-6-7-11-25(28)29-17-23(18-30-26-12-8-9-21(4)31-26)15-19(2)13-14-24(27)20(3)16-22/h13-15,20-23,26H,5-12,16-18H2,1-4H3/b14-13+,19-15+/t20-,21?,22?,23?,26?/m1/s1. The van der Waals surface area contributed by atoms with Crippen molar-refractivity contribution in [1.82, 2.24) is 0 Å². The van der Waals surface area contributed by atoms with Crippen LogP contribution in [0.2, 0.25) is 0 Å². The second-order valence-electron chi connectivity index (χ2n) is 9.39. The molecule has 2 aliphatic heterocycles. The van der Waals surface area contributed by atoms with Gasteiger partial charge >= 0.3 is 5.97 Å². The molecular formula is C26H42O5. The molecule has 0 aliphatic carbocycles. The minimum Gasteiger partial charge on any atom is -0.465 e. The van der Waals surface area contributed by atoms with Gasteiger partial charge in [0, 0.05) is 18.3 Å². The van der Waals surface area contributed by atoms with Crippen LogP contribution in [-0.4, -0.2) is 37.4 Å². The molecule has 0 aromatic rings. The Hall–Kier alpha value is -1.46. The zero-order valence-corrected chi connectivity index (χ0v) is 19.9. The Morgan fingerprint density at radius 3 is 2.61 bits per heavy atom. The van der Waals surface area contributed by atoms with Gasteiger partial charge in [-0.25, -0.2) is 0 Å². The summed E-state index contributed by atoms with van der Waals surface area (Å²) < 4.78 is 17.4. The number of esters is 1. The topological polar surface area (TPSA) is 61.8 Å². The first-order valence-electron chi connectivity index (χ1n) is 12.2. The molecule has 0 N–H and O–H groups in total. The molecule has 0 radical (unpaired) electrons. The molecule has 176 valence electrons. The fourth-order valence-electron chi connectivity index (χ4n) is 4.35. The van der Waals surface area contributed by atoms with Crippen LogP contribution in [0.15, 0.2) is 23.8 Å². The number of ether oxygens (including phenoxy) is 3. The second kappa shape index (κ2) is 13.8. The molecule has 4 unspecified atom stereocenters. The van der Waals surface area contributed by atoms with Crippen LogP contribution >= 0.6 is 0 Å². The van der Waals surface area contributed by atoms with Crippen LogP contribution in [-0.2, 0) is 23.8 Å². The van der Waals surface area contributed by atoms with E-state index in [9.17, 15) is 9.59 Å². The van der Waals surface area contributed by atoms with Gasteiger partial charge in [0.05, 0.1) is 19.3 Å². The fraction of sp³-hybridized carbons (Fsp3) is 0.769. The van der Waals surface area contributed by atoms with Gasteiger partial charge in [0.25, 0.3) is 0 Å². The van der Waals surface area contributed by atoms with Gasteiger partial charge in [-0.15, -0.1) is 0 Å². The summed E-state index contributed by atoms with van der Waals surface area (Å²) in [5, 5.41) is 0. The van der Waals surface area contributed by atoms with Crippen LogP contribution < -0.4 is 0 Å². The van der Waals surface area contributed by atoms with E-state index in [4.69, 9.17) is 14.2 Å². The Morgan fingerprint density at radius 2 is 1.87 bits per heavy atom. The Morgan fingerprint density at radius 1 is 1.06 bits per heavy atom. The highest BCUT2D eigenvalue weighted by atomic mass is 16.7. The lowest BCUT2D eigenvalue weighted by molar-refractivity contribution is -0.194. The van der Waals surface area contributed by atoms with Gasteiger partial charge < -0.3 is 14.2 Å². The maximum atomic E-state index is 12.6. The van der Waals surface area contributed by atoms with Gasteiger partial charge in [0.2, 0.25) is 0 Å². The van der Waals surface area contributed by atoms with Crippen molar-refractivity contribution >= 4 is 11.8 Å². The van der Waals surface area contributed by atoms with Crippen molar-refractivity contribution in [2.75, 3.05) is 13.2 Å². The van der Waals surface area contributed by atoms with Gasteiger partial charge in [-0.2, -0.15) is 0 Å². The minimum absolute atomic E-state index is 0.0245. The first-order valence-corrected chi connectivity index (χ1v) is 12.2. The number of rotatable bonds is 4. The van der Waals surface area contributed by atoms with Crippen molar-refractivity contribution in [3.8, 4) is 0 Å². The molecule has 2 aliphatic rings. The monoisotopic (exact) mass is 434 g/mol. The highest BCUT2D eigenvalue weighted by molar-refractivity contribution is 5.91. The third kappa shape index (κ3) is 10.1. The van der Waals surface area contributed by atoms with Crippen LogP contribution in [0.1, 0.15) is 85.5 Å². The van der Waals surface area contributed by atoms with E-state index in [1.807, 2.05) is 26.0 Å². The van der Waals surface area contributed by atoms with Gasteiger partial charge in [0.15, 0.2) is 12.1 Å². The summed E-state index contributed by atoms with van der Waals surface area (Å²) in [6.45, 7) is 8.96. The molecule has 0 amide bonds. The summed E-state index contributed by atoms with van der Waals surface area (Å²) in [7, 11) is 0. The molecule has 0 spiro atoms. The zero-order chi connectivity index (χ0) is 22.6. The highest BCUT2D eigenvalue weighted by Crippen LogP contribution is 2.24. The van der Waals surface area contributed by atoms with E-state index in [0.717, 1.165) is 56.9 Å². The van der Waals surface area contributed by atoms with Crippen molar-refractivity contribution < 1.29 is 23.8 Å². The Labute approximate surface area is 188 Å². The van der Waals surface area contributed by atoms with Crippen molar-refractivity contribution in [2.45, 2.75) is 97.9 Å². The van der Waals surface area contributed by atoms with Crippen LogP contribution in [0, 0.1) is 17.8 Å². The van der Waals surface area contributed by atoms with Gasteiger partial charge in [-0.05, 0) is 57.9 Å². The quantitative estimate of drug-likeness (QED) is 0.525. The van der Waals surface area contributed by atoms with E-state index in [-0.39, 0.29) is 42.6 Å². The average Bonchev–Trinajstić information content (AvgIpc) is 2.75. The van der Waals surface area contributed by atoms with E-state index in [1.165, 1.54) is 0 Å². The molecule has 1 saturated heterocycles. The van der Waals surface area contributed by atoms with Crippen LogP contribution in [0.25, 0.3) is 0 Å². The largest absolute Gasteiger partial charge is 0.465 e. The molecule has 0 bridgehead atoms. The van der Waals surface area contributed by atoms with Crippen LogP contribution in [0.5, 0.6) is 0 Å². The number of hydrogen-bond acceptors (Lipinski definition) is 5. The fourth-order valence-corrected chi connectivity index (χ4v) is 4.35. The molecule has 2 heterocycles. The number of hydrogen-bond donors (Lipinski definition) is 0. The molecule has 0 aromatic carbocycles. The first kappa shape index (κ1) is 25.8. The molecule has 2 rings (SSSR count). The smallest absolute Gasteiger partial charge is 0.305 e. The highest BCUT2D eigenvalue weighted by Gasteiger charge is 2.22. The Kier molecular flexibility index (Phi) is 11.5. The maximum absolute atomic E-state index is 12.6. The molecule has 1 fully saturated rings. The molecule has 0 saturated carbocycles. The number of carbonyl (C=O) groups excluding carboxylic acids is 2. The summed E-state index contributed by atoms with van der Waals surface area (Å²) in [5.41, 5.74) is 0.974. The van der Waals surface area contributed by atoms with Crippen molar-refractivity contribution in [2.24, 2.45) is 17.8 Å². The predicted molar refractivity (Wildman–Crippen MR) is 123 cm³/mol. The number of cyclic esters (lactones) is 1. The van der Waals surface area contributed by atoms with Crippen LogP contribution in [0.3, 0.4) is 0 Å². The lowest BCUT2D eigenvalue weighted by atomic mass is 9.87. The van der Waals surface area contributed by atoms with Crippen molar-refractivity contribution in [3.05, 3.63) is 23.8 Å². The Balaban J connectivity index is 2.05. The van der Waals surface area contributed by atoms with Crippen LogP contribution in [0.4, 0.5) is 0 Å². The van der Waals surface area contributed by atoms with Gasteiger partial charge in [0.1, 0.15) is 0 Å². The third-order valence-corrected chi connectivity index (χ3v) is 6.39. The lowest BCUT2D eigenvalue weighted by Crippen LogP contribution is -2.30. The third-order valence-electron chi connectivity index (χ3n) is 6.39. The molecule has 5 heteroatoms. The predicted octanol–water partition coefficient (Wildman–Crippen LogP) is 5.78. The van der Waals surface area contributed by atoms with E-state index in [2.05, 4.69) is 13.8 Å². The molecule has 0 aromatic heterocycles. The second-order valence-corrected chi connectivity index (χ2v) is 9.39. The summed E-state index contributed by atoms with van der Waals surface area (Å²) in [5.74, 6) is 0.523. The molecule has 5 nitrogen and oxygen atoms in total. The van der Waals surface area contributed by atoms with E-state index < -0.39 is 0 Å². The molecular weight excluding hydrogens is 392 g/mol. The lowest BCUT2D eigenvalue weighted by Gasteiger charge is -2.28. The Bertz CT molecular complexity index is 623. The SMILES string of the molecule is CCC1CCCCC(=O)OCC(COC2CCCC(C)O2)/C=C(C)/C=C/C(=O)[C@H](C)C1. The summed E-state index contributed by atoms with van der Waals surface area (Å²) in [4.78, 5) is 24.8. The number of carbonyl (C=O) groups is 2. The summed E-state index contributed by atoms with van der Waals surface area (Å²) in [6.07, 6.45) is 14.0. The van der Waals surface area contributed by atoms with Gasteiger partial charge in [-0.3, -0.25) is 9.59 Å². The zero-order valence-electron chi connectivity index (χ0n) is 19.9. The number of allylic oxidation sites excluding steroid dienone is 3. The number of ketones is 1. The maximum Gasteiger partial charge on any atom is 0.305 e. The normalized spacial score (nSPS) is 35.1. The minimum atomic E-state index is -0.196. The molecule has 31 heavy (non-hydrogen) atoms. The van der Waals surface area contributed by atoms with Gasteiger partial charge in [-0.1, -0.05) is 50.8 Å². The molecule has 5 atom stereocenters. The first-order chi connectivity index (χ1) is 14.9. The van der Waals surface area contributed by atoms with Crippen molar-refractivity contribution in [1.29, 1.82) is 0 Å². The summed E-state index contributed by atoms with van der Waals surface area (Å²) in [6, 6.07) is 0. The van der Waals surface area contributed by atoms with E-state index in [1.54, 1.807) is 6.08 Å². The average molecular weight is 435 g/mol. The van der Waals surface area contributed by atoms with E-state index in [0.29, 0.717) is 18.9 Å². The summed E-state index contributed by atoms with van der Waals surface area (Å²) >= 11 is 0. The van der Waals surface area contributed by atoms with E-state index >= 15 is 0 Å².